The molecule has 0 aromatic rings. The van der Waals surface area contributed by atoms with E-state index in [2.05, 4.69) is 33.4 Å². The van der Waals surface area contributed by atoms with E-state index >= 15 is 0 Å². The fourth-order valence-corrected chi connectivity index (χ4v) is 3.33. The molecule has 0 aromatic heterocycles. The summed E-state index contributed by atoms with van der Waals surface area (Å²) in [6.07, 6.45) is 2.39. The average Bonchev–Trinajstić information content (AvgIpc) is 2.59. The van der Waals surface area contributed by atoms with Crippen molar-refractivity contribution in [2.45, 2.75) is 51.6 Å². The van der Waals surface area contributed by atoms with Gasteiger partial charge in [-0.15, -0.1) is 0 Å². The Kier molecular flexibility index (Phi) is 7.11. The molecule has 104 valence electrons. The third kappa shape index (κ3) is 4.46. The molecule has 4 heteroatoms. The quantitative estimate of drug-likeness (QED) is 0.566. The van der Waals surface area contributed by atoms with Crippen LogP contribution in [-0.4, -0.2) is 39.5 Å². The summed E-state index contributed by atoms with van der Waals surface area (Å²) in [5, 5.41) is 0. The van der Waals surface area contributed by atoms with Crippen LogP contribution in [0.2, 0.25) is 5.82 Å². The molecule has 0 bridgehead atoms. The van der Waals surface area contributed by atoms with Gasteiger partial charge >= 0.3 is 0 Å². The molecule has 1 aliphatic rings. The Balaban J connectivity index is 2.42. The Morgan fingerprint density at radius 2 is 2.06 bits per heavy atom. The molecule has 1 aliphatic carbocycles. The SMILES string of the molecule is [B]C1CC(CS)C(C)C1OCC(CC(C)C)OC. The zero-order valence-electron chi connectivity index (χ0n) is 12.1. The van der Waals surface area contributed by atoms with Gasteiger partial charge in [0.1, 0.15) is 0 Å². The van der Waals surface area contributed by atoms with Crippen molar-refractivity contribution < 1.29 is 9.47 Å². The van der Waals surface area contributed by atoms with Gasteiger partial charge in [0.15, 0.2) is 0 Å². The first-order chi connectivity index (χ1) is 8.49. The van der Waals surface area contributed by atoms with Crippen LogP contribution in [0.4, 0.5) is 0 Å². The van der Waals surface area contributed by atoms with Crippen molar-refractivity contribution in [3.05, 3.63) is 0 Å². The van der Waals surface area contributed by atoms with Crippen molar-refractivity contribution in [1.82, 2.24) is 0 Å². The molecule has 1 fully saturated rings. The van der Waals surface area contributed by atoms with Crippen LogP contribution in [0, 0.1) is 17.8 Å². The van der Waals surface area contributed by atoms with Crippen molar-refractivity contribution >= 4 is 20.5 Å². The van der Waals surface area contributed by atoms with Gasteiger partial charge in [0.05, 0.1) is 26.7 Å². The Hall–Kier alpha value is 0.335. The van der Waals surface area contributed by atoms with Crippen LogP contribution >= 0.6 is 12.6 Å². The minimum absolute atomic E-state index is 0.147. The van der Waals surface area contributed by atoms with E-state index in [4.69, 9.17) is 17.3 Å². The van der Waals surface area contributed by atoms with Gasteiger partial charge < -0.3 is 9.47 Å². The molecule has 5 atom stereocenters. The molecule has 1 rings (SSSR count). The number of ether oxygens (including phenoxy) is 2. The largest absolute Gasteiger partial charge is 0.379 e. The standard InChI is InChI=1S/C14H27BO2S/c1-9(2)5-12(16-4)7-17-14-10(3)11(8-18)6-13(14)15/h9-14,18H,5-8H2,1-4H3. The molecule has 5 unspecified atom stereocenters. The van der Waals surface area contributed by atoms with E-state index in [9.17, 15) is 0 Å². The molecule has 0 heterocycles. The first-order valence-electron chi connectivity index (χ1n) is 7.00. The highest BCUT2D eigenvalue weighted by Crippen LogP contribution is 2.41. The smallest absolute Gasteiger partial charge is 0.0807 e. The van der Waals surface area contributed by atoms with Crippen LogP contribution in [0.5, 0.6) is 0 Å². The summed E-state index contributed by atoms with van der Waals surface area (Å²) in [6, 6.07) is 0. The number of thiol groups is 1. The maximum atomic E-state index is 6.16. The Morgan fingerprint density at radius 1 is 1.39 bits per heavy atom. The van der Waals surface area contributed by atoms with E-state index in [-0.39, 0.29) is 18.0 Å². The lowest BCUT2D eigenvalue weighted by molar-refractivity contribution is -0.0455. The molecule has 2 radical (unpaired) electrons. The maximum absolute atomic E-state index is 6.16. The third-order valence-electron chi connectivity index (χ3n) is 4.04. The van der Waals surface area contributed by atoms with E-state index in [0.717, 1.165) is 18.6 Å². The van der Waals surface area contributed by atoms with Crippen LogP contribution in [0.15, 0.2) is 0 Å². The van der Waals surface area contributed by atoms with Crippen molar-refractivity contribution in [1.29, 1.82) is 0 Å². The second-order valence-corrected chi connectivity index (χ2v) is 6.35. The molecule has 1 saturated carbocycles. The van der Waals surface area contributed by atoms with Gasteiger partial charge in [-0.3, -0.25) is 0 Å². The van der Waals surface area contributed by atoms with Crippen LogP contribution in [-0.2, 0) is 9.47 Å². The average molecular weight is 270 g/mol. The molecule has 2 nitrogen and oxygen atoms in total. The summed E-state index contributed by atoms with van der Waals surface area (Å²) >= 11 is 4.39. The molecule has 0 N–H and O–H groups in total. The van der Waals surface area contributed by atoms with Crippen LogP contribution in [0.3, 0.4) is 0 Å². The zero-order valence-corrected chi connectivity index (χ0v) is 13.0. The topological polar surface area (TPSA) is 18.5 Å². The molecule has 0 aliphatic heterocycles. The summed E-state index contributed by atoms with van der Waals surface area (Å²) in [4.78, 5) is 0. The van der Waals surface area contributed by atoms with Crippen molar-refractivity contribution in [2.75, 3.05) is 19.5 Å². The number of rotatable bonds is 7. The van der Waals surface area contributed by atoms with Gasteiger partial charge in [-0.2, -0.15) is 12.6 Å². The molecule has 0 spiro atoms. The van der Waals surface area contributed by atoms with Gasteiger partial charge in [-0.05, 0) is 29.9 Å². The fourth-order valence-electron chi connectivity index (χ4n) is 2.85. The molecular formula is C14H27BO2S. The minimum Gasteiger partial charge on any atom is -0.379 e. The Bertz CT molecular complexity index is 238. The molecule has 0 amide bonds. The first kappa shape index (κ1) is 16.4. The highest BCUT2D eigenvalue weighted by molar-refractivity contribution is 7.80. The Labute approximate surface area is 119 Å². The van der Waals surface area contributed by atoms with Gasteiger partial charge in [-0.1, -0.05) is 33.0 Å². The summed E-state index contributed by atoms with van der Waals surface area (Å²) in [7, 11) is 7.92. The number of methoxy groups -OCH3 is 1. The predicted molar refractivity (Wildman–Crippen MR) is 80.6 cm³/mol. The van der Waals surface area contributed by atoms with Gasteiger partial charge in [-0.25, -0.2) is 0 Å². The number of hydrogen-bond donors (Lipinski definition) is 1. The molecule has 18 heavy (non-hydrogen) atoms. The van der Waals surface area contributed by atoms with Crippen molar-refractivity contribution in [3.63, 3.8) is 0 Å². The maximum Gasteiger partial charge on any atom is 0.0807 e. The van der Waals surface area contributed by atoms with Crippen LogP contribution in [0.1, 0.15) is 33.6 Å². The Morgan fingerprint density at radius 3 is 2.50 bits per heavy atom. The normalized spacial score (nSPS) is 34.1. The second-order valence-electron chi connectivity index (χ2n) is 5.99. The second kappa shape index (κ2) is 7.81. The summed E-state index contributed by atoms with van der Waals surface area (Å²) in [5.74, 6) is 2.75. The molecule has 0 saturated heterocycles. The van der Waals surface area contributed by atoms with E-state index in [1.54, 1.807) is 7.11 Å². The van der Waals surface area contributed by atoms with Crippen LogP contribution < -0.4 is 0 Å². The van der Waals surface area contributed by atoms with Gasteiger partial charge in [0, 0.05) is 7.11 Å². The monoisotopic (exact) mass is 270 g/mol. The van der Waals surface area contributed by atoms with Crippen molar-refractivity contribution in [3.8, 4) is 0 Å². The summed E-state index contributed by atoms with van der Waals surface area (Å²) in [6.45, 7) is 7.28. The number of hydrogen-bond acceptors (Lipinski definition) is 3. The van der Waals surface area contributed by atoms with Crippen molar-refractivity contribution in [2.24, 2.45) is 17.8 Å². The first-order valence-corrected chi connectivity index (χ1v) is 7.63. The highest BCUT2D eigenvalue weighted by Gasteiger charge is 2.38. The predicted octanol–water partition coefficient (Wildman–Crippen LogP) is 2.98. The van der Waals surface area contributed by atoms with Gasteiger partial charge in [0.25, 0.3) is 0 Å². The molecular weight excluding hydrogens is 243 g/mol. The summed E-state index contributed by atoms with van der Waals surface area (Å²) in [5.41, 5.74) is 0. The molecule has 0 aromatic carbocycles. The lowest BCUT2D eigenvalue weighted by atomic mass is 9.83. The fraction of sp³-hybridized carbons (Fsp3) is 1.00. The van der Waals surface area contributed by atoms with Gasteiger partial charge in [0.2, 0.25) is 0 Å². The lowest BCUT2D eigenvalue weighted by Gasteiger charge is -2.26. The minimum atomic E-state index is 0.147. The van der Waals surface area contributed by atoms with E-state index < -0.39 is 0 Å². The van der Waals surface area contributed by atoms with Crippen LogP contribution in [0.25, 0.3) is 0 Å². The summed E-state index contributed by atoms with van der Waals surface area (Å²) < 4.78 is 11.5. The van der Waals surface area contributed by atoms with E-state index in [1.165, 1.54) is 0 Å². The lowest BCUT2D eigenvalue weighted by Crippen LogP contribution is -2.29. The highest BCUT2D eigenvalue weighted by atomic mass is 32.1. The zero-order chi connectivity index (χ0) is 13.7. The third-order valence-corrected chi connectivity index (χ3v) is 4.50. The van der Waals surface area contributed by atoms with E-state index in [0.29, 0.717) is 24.4 Å². The van der Waals surface area contributed by atoms with E-state index in [1.807, 2.05) is 0 Å².